The summed E-state index contributed by atoms with van der Waals surface area (Å²) in [4.78, 5) is 13.3. The molecule has 2 atom stereocenters. The number of nitrogens with one attached hydrogen (secondary N) is 2. The molecule has 1 aromatic rings. The van der Waals surface area contributed by atoms with Gasteiger partial charge in [0.2, 0.25) is 0 Å². The topological polar surface area (TPSA) is 61.4 Å². The summed E-state index contributed by atoms with van der Waals surface area (Å²) in [6, 6.07) is 5.86. The minimum atomic E-state index is -0.211. The number of thioether (sulfide) groups is 1. The van der Waals surface area contributed by atoms with Crippen LogP contribution in [0.1, 0.15) is 32.8 Å². The van der Waals surface area contributed by atoms with E-state index < -0.39 is 0 Å². The lowest BCUT2D eigenvalue weighted by molar-refractivity contribution is 0.238. The smallest absolute Gasteiger partial charge is 0.319 e. The Kier molecular flexibility index (Phi) is 5.76. The number of hydrogen-bond acceptors (Lipinski definition) is 3. The molecule has 0 aliphatic heterocycles. The van der Waals surface area contributed by atoms with Crippen molar-refractivity contribution < 1.29 is 9.90 Å². The van der Waals surface area contributed by atoms with Crippen molar-refractivity contribution in [2.24, 2.45) is 5.92 Å². The van der Waals surface area contributed by atoms with Gasteiger partial charge >= 0.3 is 6.03 Å². The van der Waals surface area contributed by atoms with Gasteiger partial charge in [-0.15, -0.1) is 11.8 Å². The van der Waals surface area contributed by atoms with Gasteiger partial charge in [0.05, 0.1) is 0 Å². The summed E-state index contributed by atoms with van der Waals surface area (Å²) in [5, 5.41) is 14.9. The number of anilines is 1. The summed E-state index contributed by atoms with van der Waals surface area (Å²) in [5.41, 5.74) is 1.87. The van der Waals surface area contributed by atoms with E-state index in [2.05, 4.69) is 37.5 Å². The highest BCUT2D eigenvalue weighted by molar-refractivity contribution is 8.00. The van der Waals surface area contributed by atoms with E-state index in [4.69, 9.17) is 5.11 Å². The first kappa shape index (κ1) is 17.9. The fourth-order valence-corrected chi connectivity index (χ4v) is 3.62. The van der Waals surface area contributed by atoms with Crippen LogP contribution in [-0.2, 0) is 0 Å². The van der Waals surface area contributed by atoms with Crippen molar-refractivity contribution in [2.45, 2.75) is 49.8 Å². The second kappa shape index (κ2) is 7.41. The van der Waals surface area contributed by atoms with Gasteiger partial charge in [0.1, 0.15) is 0 Å². The lowest BCUT2D eigenvalue weighted by Gasteiger charge is -2.19. The van der Waals surface area contributed by atoms with E-state index in [1.165, 1.54) is 4.90 Å². The molecule has 3 N–H and O–H groups in total. The van der Waals surface area contributed by atoms with Gasteiger partial charge in [0, 0.05) is 33.9 Å². The Labute approximate surface area is 142 Å². The Morgan fingerprint density at radius 2 is 2.09 bits per heavy atom. The van der Waals surface area contributed by atoms with Crippen LogP contribution in [-0.4, -0.2) is 28.5 Å². The Morgan fingerprint density at radius 1 is 1.35 bits per heavy atom. The molecule has 2 rings (SSSR count). The standard InChI is InChI=1S/C18H26N2O2S/c1-12-9-15(23-18(2,3)4)7-8-16(12)20-17(22)19-14-6-5-13(10-14)11-21/h5-9,13-14,21H,10-11H2,1-4H3,(H2,19,20,22)/t13-,14+/m0/s1. The lowest BCUT2D eigenvalue weighted by atomic mass is 10.1. The Bertz CT molecular complexity index is 593. The van der Waals surface area contributed by atoms with E-state index in [0.29, 0.717) is 0 Å². The molecule has 1 aliphatic carbocycles. The number of rotatable bonds is 4. The summed E-state index contributed by atoms with van der Waals surface area (Å²) in [6.45, 7) is 8.67. The first-order chi connectivity index (χ1) is 10.8. The minimum Gasteiger partial charge on any atom is -0.396 e. The highest BCUT2D eigenvalue weighted by Crippen LogP contribution is 2.33. The predicted octanol–water partition coefficient (Wildman–Crippen LogP) is 3.94. The SMILES string of the molecule is Cc1cc(SC(C)(C)C)ccc1NC(=O)N[C@@H]1C=C[C@H](CO)C1. The first-order valence-electron chi connectivity index (χ1n) is 7.93. The Balaban J connectivity index is 1.92. The van der Waals surface area contributed by atoms with Gasteiger partial charge < -0.3 is 15.7 Å². The number of carbonyl (C=O) groups excluding carboxylic acids is 1. The van der Waals surface area contributed by atoms with Crippen molar-refractivity contribution in [3.8, 4) is 0 Å². The van der Waals surface area contributed by atoms with Gasteiger partial charge in [-0.1, -0.05) is 32.9 Å². The van der Waals surface area contributed by atoms with Crippen molar-refractivity contribution in [1.29, 1.82) is 0 Å². The Morgan fingerprint density at radius 3 is 2.65 bits per heavy atom. The average Bonchev–Trinajstić information content (AvgIpc) is 2.87. The van der Waals surface area contributed by atoms with Gasteiger partial charge in [-0.05, 0) is 37.1 Å². The van der Waals surface area contributed by atoms with Crippen molar-refractivity contribution in [1.82, 2.24) is 5.32 Å². The monoisotopic (exact) mass is 334 g/mol. The molecule has 0 saturated carbocycles. The molecule has 0 bridgehead atoms. The molecule has 126 valence electrons. The van der Waals surface area contributed by atoms with Gasteiger partial charge in [0.25, 0.3) is 0 Å². The van der Waals surface area contributed by atoms with Crippen molar-refractivity contribution in [3.05, 3.63) is 35.9 Å². The van der Waals surface area contributed by atoms with Crippen LogP contribution in [0.5, 0.6) is 0 Å². The largest absolute Gasteiger partial charge is 0.396 e. The van der Waals surface area contributed by atoms with Crippen LogP contribution in [0.2, 0.25) is 0 Å². The molecule has 5 heteroatoms. The second-order valence-corrected chi connectivity index (χ2v) is 8.86. The van der Waals surface area contributed by atoms with Crippen LogP contribution in [0.15, 0.2) is 35.2 Å². The number of aliphatic hydroxyl groups is 1. The summed E-state index contributed by atoms with van der Waals surface area (Å²) >= 11 is 1.81. The van der Waals surface area contributed by atoms with Gasteiger partial charge in [0.15, 0.2) is 0 Å². The molecule has 4 nitrogen and oxygen atoms in total. The number of urea groups is 1. The van der Waals surface area contributed by atoms with E-state index in [0.717, 1.165) is 17.7 Å². The molecular weight excluding hydrogens is 308 g/mol. The third-order valence-corrected chi connectivity index (χ3v) is 4.70. The summed E-state index contributed by atoms with van der Waals surface area (Å²) in [7, 11) is 0. The zero-order valence-corrected chi connectivity index (χ0v) is 15.0. The van der Waals surface area contributed by atoms with Crippen molar-refractivity contribution >= 4 is 23.5 Å². The van der Waals surface area contributed by atoms with Gasteiger partial charge in [-0.3, -0.25) is 0 Å². The highest BCUT2D eigenvalue weighted by atomic mass is 32.2. The molecule has 2 amide bonds. The molecule has 0 saturated heterocycles. The molecule has 0 unspecified atom stereocenters. The summed E-state index contributed by atoms with van der Waals surface area (Å²) < 4.78 is 0.164. The molecule has 0 aromatic heterocycles. The average molecular weight is 334 g/mol. The number of aryl methyl sites for hydroxylation is 1. The van der Waals surface area contributed by atoms with Gasteiger partial charge in [-0.2, -0.15) is 0 Å². The third kappa shape index (κ3) is 5.59. The highest BCUT2D eigenvalue weighted by Gasteiger charge is 2.20. The third-order valence-electron chi connectivity index (χ3n) is 3.59. The summed E-state index contributed by atoms with van der Waals surface area (Å²) in [6.07, 6.45) is 4.65. The fourth-order valence-electron chi connectivity index (χ4n) is 2.54. The van der Waals surface area contributed by atoms with Crippen molar-refractivity contribution in [3.63, 3.8) is 0 Å². The van der Waals surface area contributed by atoms with Crippen LogP contribution in [0.25, 0.3) is 0 Å². The second-order valence-electron chi connectivity index (χ2n) is 6.96. The molecule has 0 radical (unpaired) electrons. The minimum absolute atomic E-state index is 0.0109. The first-order valence-corrected chi connectivity index (χ1v) is 8.75. The van der Waals surface area contributed by atoms with E-state index in [9.17, 15) is 4.79 Å². The van der Waals surface area contributed by atoms with E-state index in [1.807, 2.05) is 43.0 Å². The van der Waals surface area contributed by atoms with Gasteiger partial charge in [-0.25, -0.2) is 4.79 Å². The maximum atomic E-state index is 12.1. The molecule has 1 aromatic carbocycles. The Hall–Kier alpha value is -1.46. The maximum absolute atomic E-state index is 12.1. The predicted molar refractivity (Wildman–Crippen MR) is 97.1 cm³/mol. The number of aliphatic hydroxyl groups excluding tert-OH is 1. The number of benzene rings is 1. The normalized spacial score (nSPS) is 20.6. The molecule has 0 heterocycles. The number of amides is 2. The van der Waals surface area contributed by atoms with Crippen molar-refractivity contribution in [2.75, 3.05) is 11.9 Å². The van der Waals surface area contributed by atoms with E-state index >= 15 is 0 Å². The quantitative estimate of drug-likeness (QED) is 0.577. The van der Waals surface area contributed by atoms with E-state index in [1.54, 1.807) is 0 Å². The number of carbonyl (C=O) groups is 1. The van der Waals surface area contributed by atoms with Crippen LogP contribution >= 0.6 is 11.8 Å². The molecular formula is C18H26N2O2S. The molecule has 0 spiro atoms. The zero-order valence-electron chi connectivity index (χ0n) is 14.2. The lowest BCUT2D eigenvalue weighted by Crippen LogP contribution is -2.36. The molecule has 1 aliphatic rings. The summed E-state index contributed by atoms with van der Waals surface area (Å²) in [5.74, 6) is 0.149. The molecule has 0 fully saturated rings. The fraction of sp³-hybridized carbons (Fsp3) is 0.500. The van der Waals surface area contributed by atoms with Crippen LogP contribution in [0.3, 0.4) is 0 Å². The zero-order chi connectivity index (χ0) is 17.0. The van der Waals surface area contributed by atoms with Crippen LogP contribution in [0.4, 0.5) is 10.5 Å². The van der Waals surface area contributed by atoms with Crippen LogP contribution < -0.4 is 10.6 Å². The van der Waals surface area contributed by atoms with E-state index in [-0.39, 0.29) is 29.3 Å². The molecule has 23 heavy (non-hydrogen) atoms. The van der Waals surface area contributed by atoms with Crippen LogP contribution in [0, 0.1) is 12.8 Å². The maximum Gasteiger partial charge on any atom is 0.319 e. The number of hydrogen-bond donors (Lipinski definition) is 3.